The van der Waals surface area contributed by atoms with Crippen LogP contribution in [-0.4, -0.2) is 301 Å². The molecule has 30 atom stereocenters. The van der Waals surface area contributed by atoms with Crippen LogP contribution in [0.4, 0.5) is 0 Å². The molecule has 20 N–H and O–H groups in total. The van der Waals surface area contributed by atoms with E-state index in [1.807, 2.05) is 0 Å². The lowest BCUT2D eigenvalue weighted by Gasteiger charge is -2.51. The van der Waals surface area contributed by atoms with Crippen molar-refractivity contribution in [1.82, 2.24) is 16.0 Å². The summed E-state index contributed by atoms with van der Waals surface area (Å²) in [6.07, 6.45) is -40.4. The van der Waals surface area contributed by atoms with Crippen LogP contribution in [0.15, 0.2) is 0 Å². The molecule has 0 bridgehead atoms. The first-order valence-corrected chi connectivity index (χ1v) is 23.7. The second-order valence-corrected chi connectivity index (χ2v) is 18.9. The molecule has 426 valence electrons. The average Bonchev–Trinajstić information content (AvgIpc) is 4.14. The SMILES string of the molecule is CC(=O)NC1C(O)[C@H](O[C@@H]2OC(CO)[C@@H](O[C@@H]3OC(CO)[C@@H](O)C(O)C3N)C(O)C2N)C(CO)O[C@H]1O[C@@H]1C(CO)O[C@@H](O[C@@H]2C(CO[C@@H]3OC4O[C@H]4C(O)C3O)O[C@@H](O)C(NC(C)=O)C2O)C(NC(C)=O)C1O. The molecule has 0 spiro atoms. The van der Waals surface area contributed by atoms with Crippen LogP contribution in [0.25, 0.3) is 0 Å². The zero-order chi connectivity index (χ0) is 54.2. The summed E-state index contributed by atoms with van der Waals surface area (Å²) in [6, 6.07) is -7.96. The number of hydrogen-bond acceptors (Lipinski definition) is 30. The maximum Gasteiger partial charge on any atom is 0.217 e. The van der Waals surface area contributed by atoms with Gasteiger partial charge >= 0.3 is 0 Å². The lowest BCUT2D eigenvalue weighted by Crippen LogP contribution is -2.71. The number of fused-ring (bicyclic) bond motifs is 1. The second-order valence-electron chi connectivity index (χ2n) is 18.9. The molecule has 0 saturated carbocycles. The summed E-state index contributed by atoms with van der Waals surface area (Å²) in [4.78, 5) is 37.5. The van der Waals surface area contributed by atoms with Crippen molar-refractivity contribution in [2.75, 3.05) is 33.0 Å². The summed E-state index contributed by atoms with van der Waals surface area (Å²) >= 11 is 0. The van der Waals surface area contributed by atoms with Gasteiger partial charge in [0.2, 0.25) is 17.7 Å². The number of carbonyl (C=O) groups excluding carboxylic acids is 3. The van der Waals surface area contributed by atoms with Crippen molar-refractivity contribution in [1.29, 1.82) is 0 Å². The maximum atomic E-state index is 12.7. The van der Waals surface area contributed by atoms with Crippen LogP contribution in [0.1, 0.15) is 20.8 Å². The van der Waals surface area contributed by atoms with Crippen LogP contribution < -0.4 is 27.4 Å². The van der Waals surface area contributed by atoms with Crippen LogP contribution in [0.2, 0.25) is 0 Å². The molecule has 18 unspecified atom stereocenters. The summed E-state index contributed by atoms with van der Waals surface area (Å²) in [7, 11) is 0. The molecule has 0 radical (unpaired) electrons. The third-order valence-corrected chi connectivity index (χ3v) is 13.6. The van der Waals surface area contributed by atoms with E-state index < -0.39 is 235 Å². The van der Waals surface area contributed by atoms with Gasteiger partial charge in [0.25, 0.3) is 0 Å². The predicted octanol–water partition coefficient (Wildman–Crippen LogP) is -12.7. The molecule has 0 aromatic carbocycles. The van der Waals surface area contributed by atoms with E-state index in [1.165, 1.54) is 0 Å². The van der Waals surface area contributed by atoms with Gasteiger partial charge in [-0.05, 0) is 0 Å². The molecule has 7 saturated heterocycles. The summed E-state index contributed by atoms with van der Waals surface area (Å²) in [5, 5.41) is 148. The number of epoxide rings is 1. The fourth-order valence-corrected chi connectivity index (χ4v) is 9.69. The first-order chi connectivity index (χ1) is 35.0. The van der Waals surface area contributed by atoms with E-state index >= 15 is 0 Å². The van der Waals surface area contributed by atoms with E-state index in [2.05, 4.69) is 16.0 Å². The Morgan fingerprint density at radius 2 is 0.811 bits per heavy atom. The van der Waals surface area contributed by atoms with Gasteiger partial charge in [-0.3, -0.25) is 14.4 Å². The smallest absolute Gasteiger partial charge is 0.217 e. The van der Waals surface area contributed by atoms with Crippen LogP contribution >= 0.6 is 0 Å². The molecule has 7 heterocycles. The number of aliphatic hydroxyl groups is 13. The Bertz CT molecular complexity index is 1870. The molecule has 7 fully saturated rings. The Morgan fingerprint density at radius 3 is 1.28 bits per heavy atom. The summed E-state index contributed by atoms with van der Waals surface area (Å²) < 4.78 is 69.4. The van der Waals surface area contributed by atoms with Crippen molar-refractivity contribution in [3.8, 4) is 0 Å². The van der Waals surface area contributed by atoms with E-state index in [4.69, 9.17) is 68.3 Å². The largest absolute Gasteiger partial charge is 0.394 e. The highest BCUT2D eigenvalue weighted by atomic mass is 16.8. The standard InChI is InChI=1S/C41H69N5O28/c1-9(51)44-19-25(57)33(16(64-35(19)62)8-63-40-29(61)28(60)34-41(73-34)74-40)72-39-21(46-11(3)53)27(59)32(15(7-50)68-39)71-38-20(45-10(2)52)26(58)31(14(6-49)67-38)70-37-18(43)24(56)30(13(5-48)66-37)69-36-17(42)23(55)22(54)12(4-47)65-36/h12-41,47-50,54-62H,4-8,42-43H2,1-3H3,(H,44,51)(H,45,52)(H,46,53)/t12?,13?,14?,15?,16?,17?,18?,19?,20?,21?,22-,23?,24?,25?,26?,27?,28?,29?,30-,31-,32-,33-,34+,35-,36+,37+,38+,39+,40-,41?/m1/s1. The minimum atomic E-state index is -1.99. The molecule has 0 aromatic rings. The number of amides is 3. The molecule has 33 nitrogen and oxygen atoms in total. The molecule has 7 aliphatic heterocycles. The van der Waals surface area contributed by atoms with Crippen LogP contribution in [0.3, 0.4) is 0 Å². The molecular formula is C41H69N5O28. The van der Waals surface area contributed by atoms with Crippen molar-refractivity contribution in [3.63, 3.8) is 0 Å². The first-order valence-electron chi connectivity index (χ1n) is 23.7. The topological polar surface area (TPSA) is 516 Å². The van der Waals surface area contributed by atoms with Crippen molar-refractivity contribution in [2.45, 2.75) is 205 Å². The van der Waals surface area contributed by atoms with Crippen molar-refractivity contribution < 1.29 is 138 Å². The Morgan fingerprint density at radius 1 is 0.419 bits per heavy atom. The quantitative estimate of drug-likeness (QED) is 0.0567. The molecule has 7 aliphatic rings. The fourth-order valence-electron chi connectivity index (χ4n) is 9.69. The van der Waals surface area contributed by atoms with E-state index in [0.717, 1.165) is 20.8 Å². The Kier molecular flexibility index (Phi) is 19.9. The predicted molar refractivity (Wildman–Crippen MR) is 230 cm³/mol. The van der Waals surface area contributed by atoms with Gasteiger partial charge in [0, 0.05) is 20.8 Å². The maximum absolute atomic E-state index is 12.7. The average molecular weight is 1080 g/mol. The Balaban J connectivity index is 1.07. The molecule has 0 aromatic heterocycles. The highest BCUT2D eigenvalue weighted by Gasteiger charge is 2.59. The number of nitrogens with one attached hydrogen (secondary N) is 3. The van der Waals surface area contributed by atoms with Crippen LogP contribution in [-0.2, 0) is 71.2 Å². The lowest BCUT2D eigenvalue weighted by molar-refractivity contribution is -0.367. The van der Waals surface area contributed by atoms with Gasteiger partial charge in [-0.2, -0.15) is 0 Å². The number of rotatable bonds is 18. The zero-order valence-corrected chi connectivity index (χ0v) is 39.9. The highest BCUT2D eigenvalue weighted by Crippen LogP contribution is 2.38. The van der Waals surface area contributed by atoms with Gasteiger partial charge in [-0.1, -0.05) is 0 Å². The van der Waals surface area contributed by atoms with E-state index in [0.29, 0.717) is 0 Å². The van der Waals surface area contributed by atoms with E-state index in [9.17, 15) is 80.8 Å². The summed E-state index contributed by atoms with van der Waals surface area (Å²) in [5.41, 5.74) is 12.3. The summed E-state index contributed by atoms with van der Waals surface area (Å²) in [5.74, 6) is -2.30. The van der Waals surface area contributed by atoms with Gasteiger partial charge < -0.3 is 151 Å². The van der Waals surface area contributed by atoms with Crippen molar-refractivity contribution >= 4 is 17.7 Å². The third-order valence-electron chi connectivity index (χ3n) is 13.6. The number of hydrogen-bond donors (Lipinski definition) is 18. The molecular weight excluding hydrogens is 1010 g/mol. The number of nitrogens with two attached hydrogens (primary N) is 2. The van der Waals surface area contributed by atoms with Crippen LogP contribution in [0, 0.1) is 0 Å². The van der Waals surface area contributed by atoms with Crippen molar-refractivity contribution in [2.24, 2.45) is 11.5 Å². The monoisotopic (exact) mass is 1080 g/mol. The first kappa shape index (κ1) is 59.0. The van der Waals surface area contributed by atoms with Gasteiger partial charge in [0.15, 0.2) is 44.0 Å². The molecule has 74 heavy (non-hydrogen) atoms. The third kappa shape index (κ3) is 12.6. The Labute approximate surface area is 420 Å². The molecule has 7 rings (SSSR count). The molecule has 3 amide bonds. The van der Waals surface area contributed by atoms with E-state index in [1.54, 1.807) is 0 Å². The van der Waals surface area contributed by atoms with Gasteiger partial charge in [-0.25, -0.2) is 0 Å². The minimum Gasteiger partial charge on any atom is -0.394 e. The summed E-state index contributed by atoms with van der Waals surface area (Å²) in [6.45, 7) is -1.05. The fraction of sp³-hybridized carbons (Fsp3) is 0.927. The van der Waals surface area contributed by atoms with Gasteiger partial charge in [-0.15, -0.1) is 0 Å². The lowest BCUT2D eigenvalue weighted by atomic mass is 9.93. The second kappa shape index (κ2) is 25.0. The molecule has 0 aliphatic carbocycles. The highest BCUT2D eigenvalue weighted by molar-refractivity contribution is 5.74. The number of ether oxygens (including phenoxy) is 12. The van der Waals surface area contributed by atoms with Crippen LogP contribution in [0.5, 0.6) is 0 Å². The number of carbonyl (C=O) groups is 3. The number of aliphatic hydroxyl groups excluding tert-OH is 13. The normalized spacial score (nSPS) is 49.5. The zero-order valence-electron chi connectivity index (χ0n) is 39.9. The van der Waals surface area contributed by atoms with E-state index in [-0.39, 0.29) is 0 Å². The Hall–Kier alpha value is -2.67. The minimum absolute atomic E-state index is 0.651. The molecule has 33 heteroatoms. The van der Waals surface area contributed by atoms with Gasteiger partial charge in [0.05, 0.1) is 45.1 Å². The van der Waals surface area contributed by atoms with Gasteiger partial charge in [0.1, 0.15) is 128 Å². The van der Waals surface area contributed by atoms with Crippen molar-refractivity contribution in [3.05, 3.63) is 0 Å².